The number of benzene rings is 4. The number of rotatable bonds is 12. The molecule has 4 aliphatic rings. The number of ether oxygens (including phenoxy) is 6. The van der Waals surface area contributed by atoms with Crippen LogP contribution in [0.4, 0.5) is 0 Å². The summed E-state index contributed by atoms with van der Waals surface area (Å²) in [5.41, 5.74) is 6.09. The highest BCUT2D eigenvalue weighted by Gasteiger charge is 2.58. The molecule has 0 N–H and O–H groups in total. The Kier molecular flexibility index (Phi) is 10.8. The van der Waals surface area contributed by atoms with Gasteiger partial charge in [-0.15, -0.1) is 0 Å². The lowest BCUT2D eigenvalue weighted by Gasteiger charge is -2.60. The molecule has 1 saturated heterocycles. The Labute approximate surface area is 343 Å². The van der Waals surface area contributed by atoms with Crippen molar-refractivity contribution in [3.63, 3.8) is 0 Å². The van der Waals surface area contributed by atoms with E-state index in [9.17, 15) is 5.26 Å². The van der Waals surface area contributed by atoms with Crippen molar-refractivity contribution < 1.29 is 32.8 Å². The Morgan fingerprint density at radius 3 is 2.17 bits per heavy atom. The van der Waals surface area contributed by atoms with Gasteiger partial charge in [-0.3, -0.25) is 9.80 Å². The molecule has 0 amide bonds. The third-order valence-corrected chi connectivity index (χ3v) is 17.8. The summed E-state index contributed by atoms with van der Waals surface area (Å²) < 4.78 is 45.1. The summed E-state index contributed by atoms with van der Waals surface area (Å²) in [6, 6.07) is 25.1. The van der Waals surface area contributed by atoms with E-state index in [4.69, 9.17) is 32.8 Å². The fraction of sp³-hybridized carbons (Fsp3) is 0.426. The van der Waals surface area contributed by atoms with Crippen molar-refractivity contribution in [3.05, 3.63) is 113 Å². The normalized spacial score (nSPS) is 22.3. The molecule has 0 saturated carbocycles. The molecule has 5 atom stereocenters. The third-order valence-electron chi connectivity index (χ3n) is 12.8. The van der Waals surface area contributed by atoms with Crippen molar-refractivity contribution in [3.8, 4) is 34.8 Å². The van der Waals surface area contributed by atoms with Gasteiger partial charge in [-0.1, -0.05) is 100 Å². The van der Waals surface area contributed by atoms with Crippen LogP contribution in [0.1, 0.15) is 66.2 Å². The quantitative estimate of drug-likeness (QED) is 0.0853. The van der Waals surface area contributed by atoms with Crippen LogP contribution in [-0.2, 0) is 22.0 Å². The van der Waals surface area contributed by atoms with Crippen LogP contribution < -0.4 is 34.1 Å². The lowest BCUT2D eigenvalue weighted by Crippen LogP contribution is -2.70. The van der Waals surface area contributed by atoms with Gasteiger partial charge in [-0.25, -0.2) is 0 Å². The van der Waals surface area contributed by atoms with Gasteiger partial charge in [0, 0.05) is 41.4 Å². The summed E-state index contributed by atoms with van der Waals surface area (Å²) in [4.78, 5) is 4.83. The molecule has 2 unspecified atom stereocenters. The molecule has 4 aromatic rings. The molecule has 0 aromatic heterocycles. The highest BCUT2D eigenvalue weighted by atomic mass is 28.4. The number of aryl methyl sites for hydroxylation is 1. The number of piperazine rings is 1. The number of likely N-dealkylation sites (N-methyl/N-ethyl adjacent to an activating group) is 1. The first-order valence-corrected chi connectivity index (χ1v) is 22.1. The standard InChI is InChI=1S/C47H55N3O7Si/c1-10-21-53-43-30(3)44-46(56-28-55-44)40-34(43)24-36-41-39-31(22-29(2)42(52-9)45(39)54-27-51-8)23-35(49(41)7)37(25-48)50(36)38(40)26-57-58(47(4,5)6,32-17-13-11-14-18-32)33-19-15-12-16-20-33/h10-20,22,35-38,41H,1,21,23-24,26-28H2,2-9H3/t35?,36?,37-,38-,41+/m0/s1. The molecular weight excluding hydrogens is 747 g/mol. The van der Waals surface area contributed by atoms with Gasteiger partial charge in [0.15, 0.2) is 29.8 Å². The first kappa shape index (κ1) is 40.0. The number of hydrogen-bond acceptors (Lipinski definition) is 10. The predicted octanol–water partition coefficient (Wildman–Crippen LogP) is 6.94. The topological polar surface area (TPSA) is 94.9 Å². The molecule has 2 bridgehead atoms. The molecule has 4 aliphatic heterocycles. The molecule has 10 nitrogen and oxygen atoms in total. The zero-order valence-corrected chi connectivity index (χ0v) is 36.0. The Hall–Kier alpha value is -4.83. The van der Waals surface area contributed by atoms with Crippen LogP contribution in [0.5, 0.6) is 28.7 Å². The first-order valence-electron chi connectivity index (χ1n) is 20.2. The molecule has 1 fully saturated rings. The van der Waals surface area contributed by atoms with Gasteiger partial charge >= 0.3 is 0 Å². The summed E-state index contributed by atoms with van der Waals surface area (Å²) in [7, 11) is 2.42. The average Bonchev–Trinajstić information content (AvgIpc) is 3.71. The van der Waals surface area contributed by atoms with Crippen LogP contribution in [0, 0.1) is 25.2 Å². The van der Waals surface area contributed by atoms with Crippen molar-refractivity contribution in [1.29, 1.82) is 5.26 Å². The van der Waals surface area contributed by atoms with Crippen LogP contribution >= 0.6 is 0 Å². The van der Waals surface area contributed by atoms with E-state index in [1.54, 1.807) is 20.3 Å². The van der Waals surface area contributed by atoms with Gasteiger partial charge in [0.05, 0.1) is 31.9 Å². The average molecular weight is 802 g/mol. The van der Waals surface area contributed by atoms with Gasteiger partial charge in [0.25, 0.3) is 8.32 Å². The van der Waals surface area contributed by atoms with Gasteiger partial charge < -0.3 is 32.8 Å². The van der Waals surface area contributed by atoms with Crippen molar-refractivity contribution in [2.45, 2.75) is 82.7 Å². The highest BCUT2D eigenvalue weighted by Crippen LogP contribution is 2.59. The molecular formula is C47H55N3O7Si. The van der Waals surface area contributed by atoms with Crippen molar-refractivity contribution in [1.82, 2.24) is 9.80 Å². The molecule has 0 spiro atoms. The van der Waals surface area contributed by atoms with E-state index in [1.165, 1.54) is 10.4 Å². The predicted molar refractivity (Wildman–Crippen MR) is 226 cm³/mol. The van der Waals surface area contributed by atoms with Gasteiger partial charge in [0.2, 0.25) is 6.79 Å². The van der Waals surface area contributed by atoms with E-state index >= 15 is 0 Å². The second kappa shape index (κ2) is 15.7. The molecule has 0 aliphatic carbocycles. The molecule has 8 rings (SSSR count). The molecule has 4 heterocycles. The highest BCUT2D eigenvalue weighted by molar-refractivity contribution is 6.99. The van der Waals surface area contributed by atoms with Crippen LogP contribution in [0.15, 0.2) is 79.4 Å². The Morgan fingerprint density at radius 2 is 1.57 bits per heavy atom. The minimum Gasteiger partial charge on any atom is -0.493 e. The second-order valence-corrected chi connectivity index (χ2v) is 21.2. The number of nitriles is 1. The van der Waals surface area contributed by atoms with Crippen LogP contribution in [-0.4, -0.2) is 84.3 Å². The maximum atomic E-state index is 11.4. The zero-order valence-electron chi connectivity index (χ0n) is 35.0. The maximum absolute atomic E-state index is 11.4. The van der Waals surface area contributed by atoms with E-state index in [1.807, 2.05) is 13.8 Å². The fourth-order valence-electron chi connectivity index (χ4n) is 10.5. The van der Waals surface area contributed by atoms with Gasteiger partial charge in [-0.05, 0) is 60.3 Å². The van der Waals surface area contributed by atoms with Crippen LogP contribution in [0.2, 0.25) is 5.04 Å². The summed E-state index contributed by atoms with van der Waals surface area (Å²) in [6.07, 6.45) is 3.01. The van der Waals surface area contributed by atoms with Crippen LogP contribution in [0.3, 0.4) is 0 Å². The van der Waals surface area contributed by atoms with Crippen molar-refractivity contribution in [2.24, 2.45) is 0 Å². The van der Waals surface area contributed by atoms with Gasteiger partial charge in [0.1, 0.15) is 18.4 Å². The van der Waals surface area contributed by atoms with E-state index in [2.05, 4.69) is 117 Å². The minimum atomic E-state index is -3.04. The van der Waals surface area contributed by atoms with E-state index in [0.717, 1.165) is 39.1 Å². The summed E-state index contributed by atoms with van der Waals surface area (Å²) >= 11 is 0. The van der Waals surface area contributed by atoms with Gasteiger partial charge in [-0.2, -0.15) is 5.26 Å². The molecule has 58 heavy (non-hydrogen) atoms. The minimum absolute atomic E-state index is 0.0707. The van der Waals surface area contributed by atoms with E-state index in [0.29, 0.717) is 49.1 Å². The Bertz CT molecular complexity index is 2180. The van der Waals surface area contributed by atoms with Crippen molar-refractivity contribution >= 4 is 18.7 Å². The molecule has 4 aromatic carbocycles. The number of fused-ring (bicyclic) bond motifs is 9. The number of hydrogen-bond donors (Lipinski definition) is 0. The summed E-state index contributed by atoms with van der Waals surface area (Å²) in [6.45, 7) is 15.7. The van der Waals surface area contributed by atoms with Crippen molar-refractivity contribution in [2.75, 3.05) is 48.1 Å². The molecule has 304 valence electrons. The largest absolute Gasteiger partial charge is 0.493 e. The number of methoxy groups -OCH3 is 2. The number of nitrogens with zero attached hydrogens (tertiary/aromatic N) is 3. The van der Waals surface area contributed by atoms with Crippen LogP contribution in [0.25, 0.3) is 0 Å². The monoisotopic (exact) mass is 801 g/mol. The fourth-order valence-corrected chi connectivity index (χ4v) is 15.1. The SMILES string of the molecule is C=CCOc1c(C)c2c(c3c1CC1[C@@H]4c5c(cc(C)c(OC)c5OCOC)CC([C@H](C#N)N1[C@H]3CO[Si](c1ccccc1)(c1ccccc1)C(C)(C)C)N4C)OCO2. The second-order valence-electron chi connectivity index (χ2n) is 16.9. The first-order chi connectivity index (χ1) is 28.0. The molecule has 11 heteroatoms. The molecule has 0 radical (unpaired) electrons. The maximum Gasteiger partial charge on any atom is 0.261 e. The Morgan fingerprint density at radius 1 is 0.897 bits per heavy atom. The summed E-state index contributed by atoms with van der Waals surface area (Å²) in [5, 5.41) is 13.5. The van der Waals surface area contributed by atoms with E-state index < -0.39 is 20.4 Å². The third kappa shape index (κ3) is 6.20. The Balaban J connectivity index is 1.38. The summed E-state index contributed by atoms with van der Waals surface area (Å²) in [5.74, 6) is 3.52. The lowest BCUT2D eigenvalue weighted by atomic mass is 9.71. The van der Waals surface area contributed by atoms with E-state index in [-0.39, 0.29) is 36.7 Å². The lowest BCUT2D eigenvalue weighted by molar-refractivity contribution is -0.0819. The zero-order chi connectivity index (χ0) is 40.9. The smallest absolute Gasteiger partial charge is 0.261 e.